The molecule has 2 aromatic rings. The lowest BCUT2D eigenvalue weighted by molar-refractivity contribution is 0.434. The Bertz CT molecular complexity index is 430. The predicted octanol–water partition coefficient (Wildman–Crippen LogP) is 1.27. The lowest BCUT2D eigenvalue weighted by Gasteiger charge is -1.97. The van der Waals surface area contributed by atoms with E-state index in [-0.39, 0.29) is 5.52 Å². The Morgan fingerprint density at radius 3 is 2.92 bits per heavy atom. The monoisotopic (exact) mass is 163 g/mol. The van der Waals surface area contributed by atoms with Crippen molar-refractivity contribution in [2.75, 3.05) is 0 Å². The van der Waals surface area contributed by atoms with Gasteiger partial charge < -0.3 is 5.11 Å². The maximum Gasteiger partial charge on any atom is 0.193 e. The molecule has 3 nitrogen and oxygen atoms in total. The molecular weight excluding hydrogens is 159 g/mol. The summed E-state index contributed by atoms with van der Waals surface area (Å²) in [6.07, 6.45) is 2.82. The molecule has 0 bridgehead atoms. The molecule has 1 N–H and O–H groups in total. The van der Waals surface area contributed by atoms with Gasteiger partial charge in [0, 0.05) is 18.5 Å². The molecule has 12 heavy (non-hydrogen) atoms. The molecule has 0 atom stereocenters. The fourth-order valence-corrected chi connectivity index (χ4v) is 0.936. The zero-order valence-corrected chi connectivity index (χ0v) is 5.95. The maximum absolute atomic E-state index is 13.0. The Morgan fingerprint density at radius 1 is 1.33 bits per heavy atom. The van der Waals surface area contributed by atoms with Crippen molar-refractivity contribution in [3.63, 3.8) is 0 Å². The molecule has 1 heterocycles. The summed E-state index contributed by atoms with van der Waals surface area (Å²) in [7, 11) is 0. The van der Waals surface area contributed by atoms with Crippen molar-refractivity contribution in [1.82, 2.24) is 9.97 Å². The van der Waals surface area contributed by atoms with Crippen LogP contribution in [0.2, 0.25) is 0 Å². The first-order valence-electron chi connectivity index (χ1n) is 3.29. The van der Waals surface area contributed by atoms with Gasteiger partial charge in [0.15, 0.2) is 11.6 Å². The van der Waals surface area contributed by atoms with Crippen molar-refractivity contribution in [1.29, 1.82) is 0 Å². The molecule has 0 spiro atoms. The van der Waals surface area contributed by atoms with Crippen LogP contribution in [-0.2, 0) is 0 Å². The van der Waals surface area contributed by atoms with Gasteiger partial charge in [-0.15, -0.1) is 0 Å². The smallest absolute Gasteiger partial charge is 0.193 e. The molecule has 0 amide bonds. The van der Waals surface area contributed by atoms with E-state index in [9.17, 15) is 4.39 Å². The Balaban J connectivity index is 2.91. The molecule has 0 aliphatic carbocycles. The van der Waals surface area contributed by atoms with E-state index >= 15 is 0 Å². The van der Waals surface area contributed by atoms with Gasteiger partial charge in [-0.3, -0.25) is 4.98 Å². The van der Waals surface area contributed by atoms with Crippen LogP contribution in [0.15, 0.2) is 18.5 Å². The quantitative estimate of drug-likeness (QED) is 0.636. The Kier molecular flexibility index (Phi) is 1.40. The van der Waals surface area contributed by atoms with Gasteiger partial charge in [0.1, 0.15) is 5.52 Å². The van der Waals surface area contributed by atoms with Gasteiger partial charge in [-0.25, -0.2) is 9.37 Å². The molecule has 1 aromatic heterocycles. The number of aromatic hydroxyl groups is 1. The van der Waals surface area contributed by atoms with Gasteiger partial charge in [0.25, 0.3) is 0 Å². The number of aromatic nitrogens is 2. The van der Waals surface area contributed by atoms with Crippen LogP contribution in [0, 0.1) is 11.9 Å². The first-order valence-corrected chi connectivity index (χ1v) is 3.29. The highest BCUT2D eigenvalue weighted by Crippen LogP contribution is 2.20. The number of hydrogen-bond acceptors (Lipinski definition) is 3. The summed E-state index contributed by atoms with van der Waals surface area (Å²) in [5, 5.41) is 8.92. The number of hydrogen-bond donors (Lipinski definition) is 1. The average Bonchev–Trinajstić information content (AvgIpc) is 2.12. The largest absolute Gasteiger partial charge is 0.504 e. The molecule has 0 unspecified atom stereocenters. The summed E-state index contributed by atoms with van der Waals surface area (Å²) < 4.78 is 13.0. The molecular formula is C8H4FN2O. The van der Waals surface area contributed by atoms with Crippen molar-refractivity contribution in [2.45, 2.75) is 0 Å². The first-order chi connectivity index (χ1) is 5.79. The van der Waals surface area contributed by atoms with E-state index in [2.05, 4.69) is 16.0 Å². The number of benzene rings is 1. The van der Waals surface area contributed by atoms with Gasteiger partial charge >= 0.3 is 0 Å². The number of phenolic OH excluding ortho intramolecular Hbond substituents is 1. The summed E-state index contributed by atoms with van der Waals surface area (Å²) in [5.41, 5.74) is 0.446. The van der Waals surface area contributed by atoms with Crippen LogP contribution >= 0.6 is 0 Å². The summed E-state index contributed by atoms with van der Waals surface area (Å²) in [6.45, 7) is 0. The normalized spacial score (nSPS) is 10.4. The number of fused-ring (bicyclic) bond motifs is 1. The molecule has 0 aliphatic rings. The molecule has 1 aromatic carbocycles. The minimum atomic E-state index is -0.777. The Hall–Kier alpha value is -1.71. The number of rotatable bonds is 0. The molecule has 1 radical (unpaired) electrons. The van der Waals surface area contributed by atoms with Crippen molar-refractivity contribution in [3.05, 3.63) is 30.3 Å². The van der Waals surface area contributed by atoms with Crippen LogP contribution in [0.5, 0.6) is 5.75 Å². The molecule has 4 heteroatoms. The lowest BCUT2D eigenvalue weighted by Crippen LogP contribution is -1.86. The first kappa shape index (κ1) is 6.97. The minimum absolute atomic E-state index is 0.0637. The van der Waals surface area contributed by atoms with Crippen LogP contribution in [0.4, 0.5) is 4.39 Å². The van der Waals surface area contributed by atoms with E-state index in [0.717, 1.165) is 0 Å². The van der Waals surface area contributed by atoms with Crippen molar-refractivity contribution < 1.29 is 9.50 Å². The number of halogens is 1. The lowest BCUT2D eigenvalue weighted by atomic mass is 10.3. The third kappa shape index (κ3) is 0.887. The fraction of sp³-hybridized carbons (Fsp3) is 0. The van der Waals surface area contributed by atoms with Gasteiger partial charge in [-0.05, 0) is 6.07 Å². The maximum atomic E-state index is 13.0. The van der Waals surface area contributed by atoms with Crippen LogP contribution in [0.3, 0.4) is 0 Å². The highest BCUT2D eigenvalue weighted by Gasteiger charge is 2.06. The van der Waals surface area contributed by atoms with Crippen molar-refractivity contribution >= 4 is 11.0 Å². The fourth-order valence-electron chi connectivity index (χ4n) is 0.936. The van der Waals surface area contributed by atoms with E-state index in [1.165, 1.54) is 18.5 Å². The van der Waals surface area contributed by atoms with E-state index in [0.29, 0.717) is 5.52 Å². The average molecular weight is 163 g/mol. The second kappa shape index (κ2) is 2.41. The zero-order valence-electron chi connectivity index (χ0n) is 5.95. The standard InChI is InChI=1S/C8H4FN2O/c9-7-6(12)2-1-5-8(7)11-4-3-10-5/h1,3-4,12H. The molecule has 0 aliphatic heterocycles. The molecule has 0 saturated carbocycles. The second-order valence-electron chi connectivity index (χ2n) is 2.24. The van der Waals surface area contributed by atoms with Gasteiger partial charge in [-0.1, -0.05) is 0 Å². The molecule has 2 rings (SSSR count). The summed E-state index contributed by atoms with van der Waals surface area (Å²) in [5.74, 6) is -1.30. The highest BCUT2D eigenvalue weighted by atomic mass is 19.1. The molecule has 0 fully saturated rings. The SMILES string of the molecule is Oc1[c]cc2nccnc2c1F. The molecule has 59 valence electrons. The topological polar surface area (TPSA) is 46.0 Å². The molecule has 0 saturated heterocycles. The van der Waals surface area contributed by atoms with Gasteiger partial charge in [0.2, 0.25) is 0 Å². The van der Waals surface area contributed by atoms with E-state index in [4.69, 9.17) is 5.11 Å². The zero-order chi connectivity index (χ0) is 8.55. The van der Waals surface area contributed by atoms with Gasteiger partial charge in [0.05, 0.1) is 5.52 Å². The van der Waals surface area contributed by atoms with Crippen molar-refractivity contribution in [2.24, 2.45) is 0 Å². The number of nitrogens with zero attached hydrogens (tertiary/aromatic N) is 2. The predicted molar refractivity (Wildman–Crippen MR) is 40.0 cm³/mol. The van der Waals surface area contributed by atoms with Crippen LogP contribution in [-0.4, -0.2) is 15.1 Å². The van der Waals surface area contributed by atoms with Crippen molar-refractivity contribution in [3.8, 4) is 5.75 Å². The Labute approximate surface area is 67.5 Å². The summed E-state index contributed by atoms with van der Waals surface area (Å²) in [6, 6.07) is 3.71. The van der Waals surface area contributed by atoms with E-state index in [1.807, 2.05) is 0 Å². The second-order valence-corrected chi connectivity index (χ2v) is 2.24. The number of phenols is 1. The van der Waals surface area contributed by atoms with Gasteiger partial charge in [-0.2, -0.15) is 0 Å². The summed E-state index contributed by atoms with van der Waals surface area (Å²) in [4.78, 5) is 7.56. The Morgan fingerprint density at radius 2 is 2.08 bits per heavy atom. The van der Waals surface area contributed by atoms with Crippen LogP contribution in [0.1, 0.15) is 0 Å². The van der Waals surface area contributed by atoms with E-state index in [1.54, 1.807) is 0 Å². The van der Waals surface area contributed by atoms with Crippen LogP contribution < -0.4 is 0 Å². The third-order valence-electron chi connectivity index (χ3n) is 1.49. The van der Waals surface area contributed by atoms with Crippen LogP contribution in [0.25, 0.3) is 11.0 Å². The van der Waals surface area contributed by atoms with E-state index < -0.39 is 11.6 Å². The third-order valence-corrected chi connectivity index (χ3v) is 1.49. The minimum Gasteiger partial charge on any atom is -0.504 e. The highest BCUT2D eigenvalue weighted by molar-refractivity contribution is 5.75. The summed E-state index contributed by atoms with van der Waals surface area (Å²) >= 11 is 0.